The molecule has 0 aliphatic rings. The molecule has 0 spiro atoms. The predicted octanol–water partition coefficient (Wildman–Crippen LogP) is 1.56. The van der Waals surface area contributed by atoms with Crippen molar-refractivity contribution < 1.29 is 23.4 Å². The van der Waals surface area contributed by atoms with Gasteiger partial charge in [-0.1, -0.05) is 13.8 Å². The summed E-state index contributed by atoms with van der Waals surface area (Å²) in [6.07, 6.45) is 1.28. The summed E-state index contributed by atoms with van der Waals surface area (Å²) < 4.78 is 26.5. The van der Waals surface area contributed by atoms with Crippen LogP contribution in [0.2, 0.25) is 0 Å². The minimum atomic E-state index is -3.75. The number of aromatic carboxylic acids is 1. The zero-order chi connectivity index (χ0) is 16.0. The summed E-state index contributed by atoms with van der Waals surface area (Å²) in [5, 5.41) is 18.0. The van der Waals surface area contributed by atoms with Crippen molar-refractivity contribution in [1.82, 2.24) is 4.31 Å². The number of nitrogens with zero attached hydrogens (tertiary/aromatic N) is 1. The number of carbonyl (C=O) groups is 1. The fourth-order valence-corrected chi connectivity index (χ4v) is 3.96. The van der Waals surface area contributed by atoms with Crippen LogP contribution in [0.5, 0.6) is 0 Å². The molecule has 0 radical (unpaired) electrons. The number of carboxylic acids is 1. The summed E-state index contributed by atoms with van der Waals surface area (Å²) in [6.45, 7) is 3.54. The molecular formula is C14H21NO5S. The van der Waals surface area contributed by atoms with Gasteiger partial charge >= 0.3 is 5.97 Å². The van der Waals surface area contributed by atoms with Crippen LogP contribution < -0.4 is 0 Å². The summed E-state index contributed by atoms with van der Waals surface area (Å²) in [4.78, 5) is 10.8. The molecule has 0 aliphatic heterocycles. The van der Waals surface area contributed by atoms with E-state index in [1.165, 1.54) is 28.6 Å². The second-order valence-corrected chi connectivity index (χ2v) is 6.53. The number of hydrogen-bond acceptors (Lipinski definition) is 4. The molecule has 2 N–H and O–H groups in total. The van der Waals surface area contributed by atoms with Crippen LogP contribution in [0.3, 0.4) is 0 Å². The summed E-state index contributed by atoms with van der Waals surface area (Å²) in [5.74, 6) is -1.11. The highest BCUT2D eigenvalue weighted by atomic mass is 32.2. The van der Waals surface area contributed by atoms with Gasteiger partial charge in [-0.05, 0) is 37.1 Å². The van der Waals surface area contributed by atoms with E-state index in [0.717, 1.165) is 0 Å². The first-order valence-corrected chi connectivity index (χ1v) is 8.28. The molecule has 21 heavy (non-hydrogen) atoms. The first-order chi connectivity index (χ1) is 9.88. The van der Waals surface area contributed by atoms with Crippen molar-refractivity contribution in [3.8, 4) is 0 Å². The predicted molar refractivity (Wildman–Crippen MR) is 78.7 cm³/mol. The summed E-state index contributed by atoms with van der Waals surface area (Å²) >= 11 is 0. The zero-order valence-electron chi connectivity index (χ0n) is 12.2. The van der Waals surface area contributed by atoms with Crippen LogP contribution in [0.1, 0.15) is 37.0 Å². The van der Waals surface area contributed by atoms with Gasteiger partial charge < -0.3 is 10.2 Å². The highest BCUT2D eigenvalue weighted by Crippen LogP contribution is 2.21. The van der Waals surface area contributed by atoms with Gasteiger partial charge in [0.2, 0.25) is 10.0 Å². The van der Waals surface area contributed by atoms with Gasteiger partial charge in [-0.15, -0.1) is 0 Å². The lowest BCUT2D eigenvalue weighted by atomic mass is 10.2. The minimum absolute atomic E-state index is 0.0232. The Balaban J connectivity index is 3.18. The Morgan fingerprint density at radius 3 is 2.10 bits per heavy atom. The molecule has 7 heteroatoms. The van der Waals surface area contributed by atoms with Crippen molar-refractivity contribution in [3.63, 3.8) is 0 Å². The fourth-order valence-electron chi connectivity index (χ4n) is 2.20. The number of carboxylic acid groups (broad SMARTS) is 1. The largest absolute Gasteiger partial charge is 0.478 e. The van der Waals surface area contributed by atoms with Gasteiger partial charge in [0, 0.05) is 12.6 Å². The first kappa shape index (κ1) is 17.6. The van der Waals surface area contributed by atoms with E-state index < -0.39 is 16.0 Å². The molecule has 0 unspecified atom stereocenters. The van der Waals surface area contributed by atoms with E-state index in [0.29, 0.717) is 12.8 Å². The van der Waals surface area contributed by atoms with Crippen molar-refractivity contribution in [2.45, 2.75) is 37.6 Å². The fraction of sp³-hybridized carbons (Fsp3) is 0.500. The Bertz CT molecular complexity index is 564. The van der Waals surface area contributed by atoms with Crippen LogP contribution in [-0.2, 0) is 10.0 Å². The van der Waals surface area contributed by atoms with E-state index in [9.17, 15) is 13.2 Å². The Morgan fingerprint density at radius 2 is 1.71 bits per heavy atom. The zero-order valence-corrected chi connectivity index (χ0v) is 13.0. The van der Waals surface area contributed by atoms with Crippen LogP contribution in [0.15, 0.2) is 29.2 Å². The Morgan fingerprint density at radius 1 is 1.19 bits per heavy atom. The van der Waals surface area contributed by atoms with Gasteiger partial charge in [-0.25, -0.2) is 13.2 Å². The van der Waals surface area contributed by atoms with E-state index in [2.05, 4.69) is 0 Å². The molecule has 0 aromatic heterocycles. The molecule has 0 bridgehead atoms. The number of sulfonamides is 1. The van der Waals surface area contributed by atoms with E-state index in [-0.39, 0.29) is 29.7 Å². The van der Waals surface area contributed by atoms with Crippen molar-refractivity contribution >= 4 is 16.0 Å². The van der Waals surface area contributed by atoms with Crippen LogP contribution in [0.25, 0.3) is 0 Å². The van der Waals surface area contributed by atoms with E-state index in [1.807, 2.05) is 13.8 Å². The van der Waals surface area contributed by atoms with E-state index in [4.69, 9.17) is 10.2 Å². The first-order valence-electron chi connectivity index (χ1n) is 6.84. The minimum Gasteiger partial charge on any atom is -0.478 e. The molecule has 0 saturated carbocycles. The highest BCUT2D eigenvalue weighted by molar-refractivity contribution is 7.89. The summed E-state index contributed by atoms with van der Waals surface area (Å²) in [7, 11) is -3.75. The number of aliphatic hydroxyl groups excluding tert-OH is 1. The lowest BCUT2D eigenvalue weighted by Crippen LogP contribution is -2.41. The third-order valence-corrected chi connectivity index (χ3v) is 5.34. The quantitative estimate of drug-likeness (QED) is 0.759. The van der Waals surface area contributed by atoms with Crippen LogP contribution >= 0.6 is 0 Å². The average Bonchev–Trinajstić information content (AvgIpc) is 2.47. The van der Waals surface area contributed by atoms with Gasteiger partial charge in [0.15, 0.2) is 0 Å². The summed E-state index contributed by atoms with van der Waals surface area (Å²) in [5.41, 5.74) is 0.0326. The normalized spacial score (nSPS) is 12.0. The third kappa shape index (κ3) is 4.03. The molecule has 6 nitrogen and oxygen atoms in total. The van der Waals surface area contributed by atoms with Crippen molar-refractivity contribution in [2.24, 2.45) is 0 Å². The van der Waals surface area contributed by atoms with Gasteiger partial charge in [0.25, 0.3) is 0 Å². The lowest BCUT2D eigenvalue weighted by Gasteiger charge is -2.29. The molecule has 1 aromatic rings. The van der Waals surface area contributed by atoms with Crippen molar-refractivity contribution in [2.75, 3.05) is 13.2 Å². The maximum Gasteiger partial charge on any atom is 0.335 e. The van der Waals surface area contributed by atoms with Gasteiger partial charge in [0.05, 0.1) is 17.1 Å². The van der Waals surface area contributed by atoms with Gasteiger partial charge in [-0.2, -0.15) is 4.31 Å². The maximum atomic E-state index is 12.6. The number of benzene rings is 1. The molecule has 0 amide bonds. The maximum absolute atomic E-state index is 12.6. The molecular weight excluding hydrogens is 294 g/mol. The van der Waals surface area contributed by atoms with E-state index >= 15 is 0 Å². The lowest BCUT2D eigenvalue weighted by molar-refractivity contribution is 0.0696. The molecule has 118 valence electrons. The Kier molecular flexibility index (Phi) is 6.32. The van der Waals surface area contributed by atoms with Gasteiger partial charge in [-0.3, -0.25) is 0 Å². The topological polar surface area (TPSA) is 94.9 Å². The van der Waals surface area contributed by atoms with Crippen LogP contribution in [-0.4, -0.2) is 48.1 Å². The number of rotatable bonds is 8. The number of aliphatic hydroxyl groups is 1. The third-order valence-electron chi connectivity index (χ3n) is 3.38. The second-order valence-electron chi connectivity index (χ2n) is 4.64. The number of hydrogen-bond donors (Lipinski definition) is 2. The molecule has 1 rings (SSSR count). The monoisotopic (exact) mass is 315 g/mol. The summed E-state index contributed by atoms with van der Waals surface area (Å²) in [6, 6.07) is 4.90. The van der Waals surface area contributed by atoms with Crippen molar-refractivity contribution in [1.29, 1.82) is 0 Å². The molecule has 0 saturated heterocycles. The Labute approximate surface area is 125 Å². The SMILES string of the molecule is CCC(CC)N(CCO)S(=O)(=O)c1ccc(C(=O)O)cc1. The van der Waals surface area contributed by atoms with Crippen LogP contribution in [0, 0.1) is 0 Å². The van der Waals surface area contributed by atoms with Crippen molar-refractivity contribution in [3.05, 3.63) is 29.8 Å². The average molecular weight is 315 g/mol. The van der Waals surface area contributed by atoms with Gasteiger partial charge in [0.1, 0.15) is 0 Å². The molecule has 0 heterocycles. The molecule has 0 fully saturated rings. The molecule has 1 aromatic carbocycles. The molecule has 0 atom stereocenters. The molecule has 0 aliphatic carbocycles. The smallest absolute Gasteiger partial charge is 0.335 e. The highest BCUT2D eigenvalue weighted by Gasteiger charge is 2.29. The Hall–Kier alpha value is -1.44. The standard InChI is InChI=1S/C14H21NO5S/c1-3-12(4-2)15(9-10-16)21(19,20)13-7-5-11(6-8-13)14(17)18/h5-8,12,16H,3-4,9-10H2,1-2H3,(H,17,18). The second kappa shape index (κ2) is 7.53. The van der Waals surface area contributed by atoms with E-state index in [1.54, 1.807) is 0 Å². The van der Waals surface area contributed by atoms with Crippen LogP contribution in [0.4, 0.5) is 0 Å².